The van der Waals surface area contributed by atoms with Crippen LogP contribution in [0.3, 0.4) is 0 Å². The predicted octanol–water partition coefficient (Wildman–Crippen LogP) is 4.38. The SMILES string of the molecule is CSc1ncc2ncc([C@@H]3O[C@H](CO[Si](c4ccccc4)(c4ccccc4)C(C)(C)C)[C@H]4OC(C)(C)O[C@H]43)n2n1. The van der Waals surface area contributed by atoms with E-state index in [-0.39, 0.29) is 23.4 Å². The second-order valence-electron chi connectivity index (χ2n) is 11.8. The van der Waals surface area contributed by atoms with Crippen molar-refractivity contribution in [2.75, 3.05) is 12.9 Å². The van der Waals surface area contributed by atoms with Gasteiger partial charge in [-0.3, -0.25) is 0 Å². The van der Waals surface area contributed by atoms with Gasteiger partial charge >= 0.3 is 0 Å². The van der Waals surface area contributed by atoms with Crippen molar-refractivity contribution in [3.8, 4) is 0 Å². The second-order valence-corrected chi connectivity index (χ2v) is 16.9. The van der Waals surface area contributed by atoms with Crippen LogP contribution in [-0.4, -0.2) is 64.9 Å². The third-order valence-corrected chi connectivity index (χ3v) is 13.3. The Hall–Kier alpha value is -2.60. The molecule has 0 amide bonds. The Morgan fingerprint density at radius 3 is 2.15 bits per heavy atom. The van der Waals surface area contributed by atoms with Gasteiger partial charge in [0.15, 0.2) is 11.4 Å². The zero-order valence-corrected chi connectivity index (χ0v) is 25.6. The van der Waals surface area contributed by atoms with Crippen molar-refractivity contribution in [1.29, 1.82) is 0 Å². The van der Waals surface area contributed by atoms with Crippen molar-refractivity contribution in [3.63, 3.8) is 0 Å². The van der Waals surface area contributed by atoms with Crippen molar-refractivity contribution >= 4 is 36.1 Å². The van der Waals surface area contributed by atoms with E-state index in [0.29, 0.717) is 17.4 Å². The summed E-state index contributed by atoms with van der Waals surface area (Å²) in [6.07, 6.45) is 4.10. The van der Waals surface area contributed by atoms with Crippen LogP contribution in [0.5, 0.6) is 0 Å². The van der Waals surface area contributed by atoms with E-state index < -0.39 is 20.2 Å². The molecule has 40 heavy (non-hydrogen) atoms. The molecule has 0 saturated carbocycles. The van der Waals surface area contributed by atoms with E-state index in [0.717, 1.165) is 5.69 Å². The van der Waals surface area contributed by atoms with Crippen LogP contribution in [0.1, 0.15) is 46.4 Å². The molecular weight excluding hydrogens is 541 g/mol. The zero-order valence-electron chi connectivity index (χ0n) is 23.8. The van der Waals surface area contributed by atoms with Crippen molar-refractivity contribution in [1.82, 2.24) is 19.6 Å². The van der Waals surface area contributed by atoms with Gasteiger partial charge in [0, 0.05) is 0 Å². The highest BCUT2D eigenvalue weighted by Crippen LogP contribution is 2.46. The molecule has 0 spiro atoms. The molecule has 2 aliphatic heterocycles. The lowest BCUT2D eigenvalue weighted by Gasteiger charge is -2.43. The number of aromatic nitrogens is 4. The van der Waals surface area contributed by atoms with Gasteiger partial charge in [-0.1, -0.05) is 93.2 Å². The van der Waals surface area contributed by atoms with E-state index in [2.05, 4.69) is 96.5 Å². The van der Waals surface area contributed by atoms with E-state index >= 15 is 0 Å². The number of ether oxygens (including phenoxy) is 3. The molecule has 0 unspecified atom stereocenters. The predicted molar refractivity (Wildman–Crippen MR) is 158 cm³/mol. The Kier molecular flexibility index (Phi) is 7.13. The van der Waals surface area contributed by atoms with E-state index in [1.807, 2.05) is 20.1 Å². The molecule has 4 aromatic rings. The first-order valence-corrected chi connectivity index (χ1v) is 16.8. The Bertz CT molecular complexity index is 1440. The molecule has 2 fully saturated rings. The number of imidazole rings is 1. The van der Waals surface area contributed by atoms with E-state index in [4.69, 9.17) is 18.6 Å². The molecule has 0 bridgehead atoms. The van der Waals surface area contributed by atoms with E-state index in [9.17, 15) is 0 Å². The van der Waals surface area contributed by atoms with Gasteiger partial charge in [-0.25, -0.2) is 14.5 Å². The van der Waals surface area contributed by atoms with Crippen LogP contribution in [-0.2, 0) is 18.6 Å². The lowest BCUT2D eigenvalue weighted by atomic mass is 10.1. The van der Waals surface area contributed by atoms with Gasteiger partial charge in [0.05, 0.1) is 24.7 Å². The highest BCUT2D eigenvalue weighted by molar-refractivity contribution is 7.98. The minimum absolute atomic E-state index is 0.147. The molecule has 6 rings (SSSR count). The summed E-state index contributed by atoms with van der Waals surface area (Å²) in [4.78, 5) is 8.90. The lowest BCUT2D eigenvalue weighted by Crippen LogP contribution is -2.67. The van der Waals surface area contributed by atoms with E-state index in [1.54, 1.807) is 16.9 Å². The number of rotatable bonds is 7. The fraction of sp³-hybridized carbons (Fsp3) is 0.433. The monoisotopic (exact) mass is 576 g/mol. The van der Waals surface area contributed by atoms with Gasteiger partial charge < -0.3 is 18.6 Å². The van der Waals surface area contributed by atoms with Crippen LogP contribution in [0.25, 0.3) is 5.65 Å². The van der Waals surface area contributed by atoms with Crippen molar-refractivity contribution in [2.45, 2.75) is 75.0 Å². The van der Waals surface area contributed by atoms with Crippen LogP contribution in [0.2, 0.25) is 5.04 Å². The van der Waals surface area contributed by atoms with Crippen LogP contribution < -0.4 is 10.4 Å². The maximum absolute atomic E-state index is 7.24. The van der Waals surface area contributed by atoms with E-state index in [1.165, 1.54) is 22.1 Å². The molecule has 8 nitrogen and oxygen atoms in total. The third kappa shape index (κ3) is 4.70. The van der Waals surface area contributed by atoms with Crippen molar-refractivity contribution < 1.29 is 18.6 Å². The molecule has 2 saturated heterocycles. The average molecular weight is 577 g/mol. The van der Waals surface area contributed by atoms with Crippen LogP contribution in [0.15, 0.2) is 78.2 Å². The van der Waals surface area contributed by atoms with Gasteiger partial charge in [-0.05, 0) is 35.5 Å². The van der Waals surface area contributed by atoms with Crippen LogP contribution >= 0.6 is 11.8 Å². The summed E-state index contributed by atoms with van der Waals surface area (Å²) in [6.45, 7) is 11.1. The molecule has 0 radical (unpaired) electrons. The summed E-state index contributed by atoms with van der Waals surface area (Å²) in [5.74, 6) is -0.743. The van der Waals surface area contributed by atoms with Gasteiger partial charge in [0.2, 0.25) is 5.16 Å². The Balaban J connectivity index is 1.37. The maximum Gasteiger partial charge on any atom is 0.261 e. The highest BCUT2D eigenvalue weighted by atomic mass is 32.2. The van der Waals surface area contributed by atoms with Gasteiger partial charge in [0.1, 0.15) is 24.4 Å². The fourth-order valence-corrected chi connectivity index (χ4v) is 11.0. The molecule has 4 atom stereocenters. The summed E-state index contributed by atoms with van der Waals surface area (Å²) in [5, 5.41) is 7.65. The molecule has 10 heteroatoms. The molecule has 2 aromatic heterocycles. The summed E-state index contributed by atoms with van der Waals surface area (Å²) in [5.41, 5.74) is 1.48. The number of benzene rings is 2. The van der Waals surface area contributed by atoms with Crippen molar-refractivity contribution in [3.05, 3.63) is 78.8 Å². The minimum Gasteiger partial charge on any atom is -0.405 e. The number of hydrogen-bond donors (Lipinski definition) is 0. The number of fused-ring (bicyclic) bond motifs is 2. The van der Waals surface area contributed by atoms with Crippen LogP contribution in [0, 0.1) is 0 Å². The summed E-state index contributed by atoms with van der Waals surface area (Å²) in [6, 6.07) is 21.3. The van der Waals surface area contributed by atoms with Gasteiger partial charge in [-0.2, -0.15) is 0 Å². The first-order valence-electron chi connectivity index (χ1n) is 13.6. The highest BCUT2D eigenvalue weighted by Gasteiger charge is 2.58. The van der Waals surface area contributed by atoms with Crippen LogP contribution in [0.4, 0.5) is 0 Å². The summed E-state index contributed by atoms with van der Waals surface area (Å²) in [7, 11) is -2.76. The topological polar surface area (TPSA) is 80.0 Å². The normalized spacial score (nSPS) is 24.4. The van der Waals surface area contributed by atoms with Crippen molar-refractivity contribution in [2.24, 2.45) is 0 Å². The first kappa shape index (κ1) is 27.6. The smallest absolute Gasteiger partial charge is 0.261 e. The largest absolute Gasteiger partial charge is 0.405 e. The minimum atomic E-state index is -2.76. The molecule has 4 heterocycles. The summed E-state index contributed by atoms with van der Waals surface area (Å²) >= 11 is 1.48. The first-order chi connectivity index (χ1) is 19.1. The second kappa shape index (κ2) is 10.3. The Morgan fingerprint density at radius 2 is 1.55 bits per heavy atom. The van der Waals surface area contributed by atoms with Gasteiger partial charge in [0.25, 0.3) is 8.32 Å². The number of hydrogen-bond acceptors (Lipinski definition) is 8. The standard InChI is InChI=1S/C30H36N4O4SSi/c1-29(2,3)40(20-13-9-7-10-14-20,21-15-11-8-12-16-21)35-19-23-26-27(38-30(4,5)37-26)25(36-23)22-17-31-24-18-32-28(39-6)33-34(22)24/h7-18,23,25-27H,19H2,1-6H3/t23-,25+,26-,27+/m1/s1. The zero-order chi connectivity index (χ0) is 28.1. The number of thioether (sulfide) groups is 1. The van der Waals surface area contributed by atoms with Gasteiger partial charge in [-0.15, -0.1) is 5.10 Å². The molecule has 2 aliphatic rings. The number of nitrogens with zero attached hydrogens (tertiary/aromatic N) is 4. The lowest BCUT2D eigenvalue weighted by molar-refractivity contribution is -0.191. The Labute approximate surface area is 240 Å². The molecule has 210 valence electrons. The Morgan fingerprint density at radius 1 is 0.925 bits per heavy atom. The maximum atomic E-state index is 7.24. The average Bonchev–Trinajstić information content (AvgIpc) is 3.59. The molecule has 0 aliphatic carbocycles. The molecule has 0 N–H and O–H groups in total. The third-order valence-electron chi connectivity index (χ3n) is 7.77. The molecular formula is C30H36N4O4SSi. The summed E-state index contributed by atoms with van der Waals surface area (Å²) < 4.78 is 28.7. The molecule has 2 aromatic carbocycles. The quantitative estimate of drug-likeness (QED) is 0.237. The fourth-order valence-electron chi connectivity index (χ4n) is 6.11.